The lowest BCUT2D eigenvalue weighted by molar-refractivity contribution is 0.0602. The maximum atomic E-state index is 11.4. The van der Waals surface area contributed by atoms with Crippen molar-refractivity contribution in [1.82, 2.24) is 4.90 Å². The Morgan fingerprint density at radius 1 is 1.35 bits per heavy atom. The molecule has 0 aliphatic rings. The van der Waals surface area contributed by atoms with Gasteiger partial charge >= 0.3 is 0 Å². The average molecular weight is 340 g/mol. The third-order valence-electron chi connectivity index (χ3n) is 3.44. The zero-order chi connectivity index (χ0) is 17.5. The van der Waals surface area contributed by atoms with Crippen LogP contribution in [0.3, 0.4) is 0 Å². The van der Waals surface area contributed by atoms with Crippen molar-refractivity contribution in [2.24, 2.45) is 0 Å². The van der Waals surface area contributed by atoms with E-state index >= 15 is 0 Å². The average Bonchev–Trinajstić information content (AvgIpc) is 2.49. The number of nitriles is 1. The van der Waals surface area contributed by atoms with Crippen molar-refractivity contribution in [3.63, 3.8) is 0 Å². The molecule has 6 nitrogen and oxygen atoms in total. The van der Waals surface area contributed by atoms with E-state index in [-0.39, 0.29) is 18.4 Å². The minimum atomic E-state index is -3.06. The first-order chi connectivity index (χ1) is 10.7. The van der Waals surface area contributed by atoms with E-state index in [9.17, 15) is 13.5 Å². The monoisotopic (exact) mass is 340 g/mol. The number of hydrogen-bond acceptors (Lipinski definition) is 6. The molecule has 2 unspecified atom stereocenters. The van der Waals surface area contributed by atoms with Gasteiger partial charge < -0.3 is 9.84 Å². The second kappa shape index (κ2) is 8.87. The maximum Gasteiger partial charge on any atom is 0.148 e. The molecule has 1 rings (SSSR count). The summed E-state index contributed by atoms with van der Waals surface area (Å²) in [5, 5.41) is 18.8. The lowest BCUT2D eigenvalue weighted by atomic mass is 10.2. The number of aliphatic hydroxyl groups is 1. The molecule has 2 atom stereocenters. The molecular weight excluding hydrogens is 316 g/mol. The second-order valence-electron chi connectivity index (χ2n) is 5.63. The summed E-state index contributed by atoms with van der Waals surface area (Å²) in [4.78, 5) is 1.91. The number of hydrogen-bond donors (Lipinski definition) is 1. The van der Waals surface area contributed by atoms with Crippen LogP contribution in [0.4, 0.5) is 0 Å². The summed E-state index contributed by atoms with van der Waals surface area (Å²) in [5.74, 6) is 0.639. The third-order valence-corrected chi connectivity index (χ3v) is 4.53. The summed E-state index contributed by atoms with van der Waals surface area (Å²) < 4.78 is 28.2. The lowest BCUT2D eigenvalue weighted by Gasteiger charge is -2.29. The number of sulfone groups is 1. The zero-order valence-corrected chi connectivity index (χ0v) is 14.6. The Morgan fingerprint density at radius 2 is 1.96 bits per heavy atom. The summed E-state index contributed by atoms with van der Waals surface area (Å²) in [6, 6.07) is 8.50. The van der Waals surface area contributed by atoms with Gasteiger partial charge in [-0.05, 0) is 37.7 Å². The van der Waals surface area contributed by atoms with Crippen molar-refractivity contribution in [3.8, 4) is 11.8 Å². The fourth-order valence-electron chi connectivity index (χ4n) is 2.31. The van der Waals surface area contributed by atoms with Gasteiger partial charge in [-0.25, -0.2) is 8.42 Å². The molecule has 0 saturated heterocycles. The SMILES string of the molecule is CCN(CC(O)COc1ccc(C#N)cc1)C(C)CS(C)(=O)=O. The molecule has 1 N–H and O–H groups in total. The number of benzene rings is 1. The molecule has 0 aromatic heterocycles. The Morgan fingerprint density at radius 3 is 2.43 bits per heavy atom. The summed E-state index contributed by atoms with van der Waals surface area (Å²) in [6.45, 7) is 4.84. The Balaban J connectivity index is 2.49. The fraction of sp³-hybridized carbons (Fsp3) is 0.562. The first kappa shape index (κ1) is 19.4. The van der Waals surface area contributed by atoms with E-state index < -0.39 is 15.9 Å². The van der Waals surface area contributed by atoms with Crippen LogP contribution >= 0.6 is 0 Å². The molecule has 1 aromatic rings. The van der Waals surface area contributed by atoms with Gasteiger partial charge in [0.05, 0.1) is 17.4 Å². The van der Waals surface area contributed by atoms with Crippen LogP contribution in [0.25, 0.3) is 0 Å². The highest BCUT2D eigenvalue weighted by molar-refractivity contribution is 7.90. The first-order valence-corrected chi connectivity index (χ1v) is 9.54. The molecular formula is C16H24N2O4S. The maximum absolute atomic E-state index is 11.4. The third kappa shape index (κ3) is 7.46. The van der Waals surface area contributed by atoms with Crippen molar-refractivity contribution in [3.05, 3.63) is 29.8 Å². The molecule has 23 heavy (non-hydrogen) atoms. The van der Waals surface area contributed by atoms with Crippen LogP contribution in [0, 0.1) is 11.3 Å². The van der Waals surface area contributed by atoms with E-state index in [1.807, 2.05) is 24.8 Å². The van der Waals surface area contributed by atoms with Gasteiger partial charge in [-0.3, -0.25) is 4.90 Å². The van der Waals surface area contributed by atoms with Gasteiger partial charge in [0, 0.05) is 18.8 Å². The van der Waals surface area contributed by atoms with Gasteiger partial charge in [0.15, 0.2) is 0 Å². The molecule has 128 valence electrons. The molecule has 1 aromatic carbocycles. The topological polar surface area (TPSA) is 90.6 Å². The van der Waals surface area contributed by atoms with Crippen molar-refractivity contribution in [1.29, 1.82) is 5.26 Å². The van der Waals surface area contributed by atoms with Crippen LogP contribution in [0.5, 0.6) is 5.75 Å². The minimum Gasteiger partial charge on any atom is -0.491 e. The predicted octanol–water partition coefficient (Wildman–Crippen LogP) is 1.05. The minimum absolute atomic E-state index is 0.0596. The van der Waals surface area contributed by atoms with E-state index in [4.69, 9.17) is 10.00 Å². The highest BCUT2D eigenvalue weighted by Crippen LogP contribution is 2.12. The largest absolute Gasteiger partial charge is 0.491 e. The number of aliphatic hydroxyl groups excluding tert-OH is 1. The normalized spacial score (nSPS) is 14.3. The Labute approximate surface area is 138 Å². The van der Waals surface area contributed by atoms with E-state index in [0.717, 1.165) is 0 Å². The van der Waals surface area contributed by atoms with Crippen molar-refractivity contribution in [2.45, 2.75) is 26.0 Å². The molecule has 0 aliphatic heterocycles. The summed E-state index contributed by atoms with van der Waals surface area (Å²) in [5.41, 5.74) is 0.546. The van der Waals surface area contributed by atoms with Crippen LogP contribution in [-0.4, -0.2) is 62.3 Å². The molecule has 0 fully saturated rings. The van der Waals surface area contributed by atoms with Crippen molar-refractivity contribution in [2.75, 3.05) is 31.7 Å². The molecule has 0 spiro atoms. The Bertz CT molecular complexity index is 622. The number of rotatable bonds is 9. The Hall–Kier alpha value is -1.62. The molecule has 0 heterocycles. The molecule has 0 saturated carbocycles. The van der Waals surface area contributed by atoms with E-state index in [0.29, 0.717) is 24.4 Å². The van der Waals surface area contributed by atoms with Gasteiger partial charge in [0.1, 0.15) is 28.3 Å². The quantitative estimate of drug-likeness (QED) is 0.723. The van der Waals surface area contributed by atoms with Crippen LogP contribution < -0.4 is 4.74 Å². The van der Waals surface area contributed by atoms with Gasteiger partial charge in [0.2, 0.25) is 0 Å². The van der Waals surface area contributed by atoms with Crippen molar-refractivity contribution < 1.29 is 18.3 Å². The fourth-order valence-corrected chi connectivity index (χ4v) is 3.39. The number of ether oxygens (including phenoxy) is 1. The van der Waals surface area contributed by atoms with Crippen LogP contribution in [0.1, 0.15) is 19.4 Å². The molecule has 0 aliphatic carbocycles. The Kier molecular flexibility index (Phi) is 7.49. The van der Waals surface area contributed by atoms with Crippen LogP contribution in [-0.2, 0) is 9.84 Å². The van der Waals surface area contributed by atoms with E-state index in [1.165, 1.54) is 6.26 Å². The van der Waals surface area contributed by atoms with E-state index in [1.54, 1.807) is 24.3 Å². The lowest BCUT2D eigenvalue weighted by Crippen LogP contribution is -2.43. The van der Waals surface area contributed by atoms with E-state index in [2.05, 4.69) is 0 Å². The van der Waals surface area contributed by atoms with Gasteiger partial charge in [-0.2, -0.15) is 5.26 Å². The van der Waals surface area contributed by atoms with Gasteiger partial charge in [0.25, 0.3) is 0 Å². The second-order valence-corrected chi connectivity index (χ2v) is 7.81. The zero-order valence-electron chi connectivity index (χ0n) is 13.8. The van der Waals surface area contributed by atoms with Crippen LogP contribution in [0.2, 0.25) is 0 Å². The molecule has 0 bridgehead atoms. The standard InChI is InChI=1S/C16H24N2O4S/c1-4-18(13(2)12-23(3,20)21)10-15(19)11-22-16-7-5-14(9-17)6-8-16/h5-8,13,15,19H,4,10-12H2,1-3H3. The summed E-state index contributed by atoms with van der Waals surface area (Å²) in [6.07, 6.45) is 0.481. The molecule has 7 heteroatoms. The van der Waals surface area contributed by atoms with Crippen molar-refractivity contribution >= 4 is 9.84 Å². The first-order valence-electron chi connectivity index (χ1n) is 7.48. The van der Waals surface area contributed by atoms with Crippen LogP contribution in [0.15, 0.2) is 24.3 Å². The number of likely N-dealkylation sites (N-methyl/N-ethyl adjacent to an activating group) is 1. The smallest absolute Gasteiger partial charge is 0.148 e. The predicted molar refractivity (Wildman–Crippen MR) is 89.1 cm³/mol. The summed E-state index contributed by atoms with van der Waals surface area (Å²) in [7, 11) is -3.06. The highest BCUT2D eigenvalue weighted by Gasteiger charge is 2.20. The number of nitrogens with zero attached hydrogens (tertiary/aromatic N) is 2. The summed E-state index contributed by atoms with van der Waals surface area (Å²) >= 11 is 0. The highest BCUT2D eigenvalue weighted by atomic mass is 32.2. The van der Waals surface area contributed by atoms with Gasteiger partial charge in [-0.15, -0.1) is 0 Å². The molecule has 0 amide bonds. The van der Waals surface area contributed by atoms with Gasteiger partial charge in [-0.1, -0.05) is 6.92 Å². The molecule has 0 radical (unpaired) electrons.